The van der Waals surface area contributed by atoms with E-state index in [1.165, 1.54) is 6.07 Å². The van der Waals surface area contributed by atoms with Crippen molar-refractivity contribution in [1.82, 2.24) is 24.6 Å². The molecule has 4 heterocycles. The van der Waals surface area contributed by atoms with Gasteiger partial charge in [-0.15, -0.1) is 0 Å². The SMILES string of the molecule is CC(C)(C)OC(=O)N1CC(CCC(Nc2cccc(SNC(=O)c3ccc(C(C)(C)C)nc3F)n2)c2cc(Cl)ccn2)CC1(C)C. The number of pyridine rings is 3. The fourth-order valence-electron chi connectivity index (χ4n) is 5.43. The Morgan fingerprint density at radius 2 is 1.87 bits per heavy atom. The van der Waals surface area contributed by atoms with Gasteiger partial charge in [-0.05, 0) is 96.2 Å². The number of aromatic nitrogens is 3. The van der Waals surface area contributed by atoms with Gasteiger partial charge in [0.2, 0.25) is 5.95 Å². The van der Waals surface area contributed by atoms with E-state index < -0.39 is 17.5 Å². The zero-order chi connectivity index (χ0) is 33.9. The van der Waals surface area contributed by atoms with Crippen molar-refractivity contribution >= 4 is 41.4 Å². The molecule has 0 aromatic carbocycles. The van der Waals surface area contributed by atoms with Gasteiger partial charge in [-0.3, -0.25) is 14.5 Å². The van der Waals surface area contributed by atoms with Gasteiger partial charge in [-0.1, -0.05) is 38.4 Å². The summed E-state index contributed by atoms with van der Waals surface area (Å²) in [5, 5.41) is 4.58. The van der Waals surface area contributed by atoms with E-state index in [-0.39, 0.29) is 34.6 Å². The predicted octanol–water partition coefficient (Wildman–Crippen LogP) is 8.37. The summed E-state index contributed by atoms with van der Waals surface area (Å²) in [7, 11) is 0. The molecular weight excluding hydrogens is 627 g/mol. The van der Waals surface area contributed by atoms with E-state index in [1.807, 2.05) is 64.6 Å². The molecule has 1 saturated heterocycles. The van der Waals surface area contributed by atoms with Crippen molar-refractivity contribution < 1.29 is 18.7 Å². The van der Waals surface area contributed by atoms with Crippen LogP contribution in [-0.4, -0.2) is 49.5 Å². The van der Waals surface area contributed by atoms with E-state index in [9.17, 15) is 14.0 Å². The molecule has 3 aromatic rings. The van der Waals surface area contributed by atoms with Crippen LogP contribution in [0.2, 0.25) is 5.02 Å². The van der Waals surface area contributed by atoms with Crippen LogP contribution in [0.5, 0.6) is 0 Å². The summed E-state index contributed by atoms with van der Waals surface area (Å²) < 4.78 is 23.0. The molecule has 9 nitrogen and oxygen atoms in total. The number of likely N-dealkylation sites (tertiary alicyclic amines) is 1. The van der Waals surface area contributed by atoms with Gasteiger partial charge < -0.3 is 15.0 Å². The van der Waals surface area contributed by atoms with Crippen molar-refractivity contribution in [3.05, 3.63) is 76.6 Å². The molecule has 12 heteroatoms. The topological polar surface area (TPSA) is 109 Å². The molecule has 0 spiro atoms. The fourth-order valence-corrected chi connectivity index (χ4v) is 6.20. The van der Waals surface area contributed by atoms with E-state index in [0.29, 0.717) is 34.5 Å². The zero-order valence-corrected chi connectivity index (χ0v) is 29.4. The molecule has 2 amide bonds. The maximum absolute atomic E-state index is 14.7. The number of amides is 2. The Morgan fingerprint density at radius 1 is 1.13 bits per heavy atom. The average Bonchev–Trinajstić information content (AvgIpc) is 3.26. The molecule has 248 valence electrons. The Hall–Kier alpha value is -3.44. The Balaban J connectivity index is 1.43. The lowest BCUT2D eigenvalue weighted by Crippen LogP contribution is -2.45. The molecule has 0 aliphatic carbocycles. The zero-order valence-electron chi connectivity index (χ0n) is 27.8. The van der Waals surface area contributed by atoms with Crippen molar-refractivity contribution in [2.24, 2.45) is 5.92 Å². The Labute approximate surface area is 280 Å². The summed E-state index contributed by atoms with van der Waals surface area (Å²) in [6.07, 6.45) is 3.76. The highest BCUT2D eigenvalue weighted by atomic mass is 35.5. The van der Waals surface area contributed by atoms with Gasteiger partial charge in [0.1, 0.15) is 16.4 Å². The minimum Gasteiger partial charge on any atom is -0.444 e. The maximum Gasteiger partial charge on any atom is 0.410 e. The summed E-state index contributed by atoms with van der Waals surface area (Å²) in [6.45, 7) is 16.2. The molecule has 0 bridgehead atoms. The summed E-state index contributed by atoms with van der Waals surface area (Å²) in [5.74, 6) is -0.568. The summed E-state index contributed by atoms with van der Waals surface area (Å²) >= 11 is 7.33. The second kappa shape index (κ2) is 14.1. The van der Waals surface area contributed by atoms with Crippen LogP contribution in [0.3, 0.4) is 0 Å². The van der Waals surface area contributed by atoms with Crippen LogP contribution in [0.1, 0.15) is 102 Å². The van der Waals surface area contributed by atoms with E-state index in [1.54, 1.807) is 24.4 Å². The normalized spacial score (nSPS) is 17.0. The Kier molecular flexibility index (Phi) is 10.9. The molecule has 2 N–H and O–H groups in total. The van der Waals surface area contributed by atoms with Crippen molar-refractivity contribution in [1.29, 1.82) is 0 Å². The van der Waals surface area contributed by atoms with Crippen LogP contribution in [0, 0.1) is 11.9 Å². The first-order valence-electron chi connectivity index (χ1n) is 15.4. The first-order chi connectivity index (χ1) is 21.4. The summed E-state index contributed by atoms with van der Waals surface area (Å²) in [5.41, 5.74) is -0.0305. The highest BCUT2D eigenvalue weighted by molar-refractivity contribution is 7.97. The third-order valence-corrected chi connectivity index (χ3v) is 8.65. The molecule has 1 fully saturated rings. The van der Waals surface area contributed by atoms with Gasteiger partial charge in [0.05, 0.1) is 17.3 Å². The van der Waals surface area contributed by atoms with Gasteiger partial charge >= 0.3 is 6.09 Å². The minimum atomic E-state index is -0.814. The molecule has 0 radical (unpaired) electrons. The number of nitrogens with one attached hydrogen (secondary N) is 2. The molecule has 3 aromatic heterocycles. The van der Waals surface area contributed by atoms with E-state index >= 15 is 0 Å². The smallest absolute Gasteiger partial charge is 0.410 e. The van der Waals surface area contributed by atoms with Crippen LogP contribution in [0.15, 0.2) is 53.7 Å². The largest absolute Gasteiger partial charge is 0.444 e. The molecule has 2 unspecified atom stereocenters. The Morgan fingerprint density at radius 3 is 2.52 bits per heavy atom. The number of nitrogens with zero attached hydrogens (tertiary/aromatic N) is 4. The molecule has 46 heavy (non-hydrogen) atoms. The monoisotopic (exact) mass is 670 g/mol. The lowest BCUT2D eigenvalue weighted by Gasteiger charge is -2.33. The number of hydrogen-bond acceptors (Lipinski definition) is 8. The molecule has 0 saturated carbocycles. The lowest BCUT2D eigenvalue weighted by molar-refractivity contribution is 0.0130. The molecule has 2 atom stereocenters. The van der Waals surface area contributed by atoms with Gasteiger partial charge in [0.15, 0.2) is 0 Å². The molecule has 1 aliphatic heterocycles. The van der Waals surface area contributed by atoms with Gasteiger partial charge in [0.25, 0.3) is 5.91 Å². The number of rotatable bonds is 9. The van der Waals surface area contributed by atoms with Crippen LogP contribution in [0.4, 0.5) is 15.0 Å². The van der Waals surface area contributed by atoms with Crippen molar-refractivity contribution in [3.8, 4) is 0 Å². The van der Waals surface area contributed by atoms with Crippen molar-refractivity contribution in [3.63, 3.8) is 0 Å². The minimum absolute atomic E-state index is 0.137. The number of halogens is 2. The maximum atomic E-state index is 14.7. The second-order valence-electron chi connectivity index (χ2n) is 14.3. The highest BCUT2D eigenvalue weighted by Gasteiger charge is 2.43. The Bertz CT molecular complexity index is 1560. The number of carbonyl (C=O) groups is 2. The van der Waals surface area contributed by atoms with Crippen molar-refractivity contribution in [2.45, 2.75) is 102 Å². The van der Waals surface area contributed by atoms with Crippen LogP contribution in [0.25, 0.3) is 0 Å². The lowest BCUT2D eigenvalue weighted by atomic mass is 9.91. The van der Waals surface area contributed by atoms with Crippen LogP contribution in [-0.2, 0) is 10.2 Å². The summed E-state index contributed by atoms with van der Waals surface area (Å²) in [6, 6.07) is 11.9. The van der Waals surface area contributed by atoms with Crippen molar-refractivity contribution in [2.75, 3.05) is 11.9 Å². The first-order valence-corrected chi connectivity index (χ1v) is 16.6. The standard InChI is InChI=1S/C34H44ClFN6O3S/c1-32(2,3)26-15-13-23(29(36)39-26)30(43)41-46-28-11-9-10-27(40-28)38-24(25-18-22(35)16-17-37-25)14-12-21-19-34(7,8)42(20-21)31(44)45-33(4,5)6/h9-11,13,15-18,21,24H,12,14,19-20H2,1-8H3,(H,38,40)(H,41,43). The highest BCUT2D eigenvalue weighted by Crippen LogP contribution is 2.38. The number of hydrogen-bond donors (Lipinski definition) is 2. The first kappa shape index (κ1) is 35.4. The average molecular weight is 671 g/mol. The van der Waals surface area contributed by atoms with Gasteiger partial charge in [0, 0.05) is 46.4 Å². The van der Waals surface area contributed by atoms with Gasteiger partial charge in [-0.2, -0.15) is 4.39 Å². The quantitative estimate of drug-likeness (QED) is 0.173. The molecule has 1 aliphatic rings. The predicted molar refractivity (Wildman–Crippen MR) is 180 cm³/mol. The van der Waals surface area contributed by atoms with Gasteiger partial charge in [-0.25, -0.2) is 14.8 Å². The fraction of sp³-hybridized carbons (Fsp3) is 0.500. The van der Waals surface area contributed by atoms with Crippen LogP contribution >= 0.6 is 23.5 Å². The van der Waals surface area contributed by atoms with Crippen LogP contribution < -0.4 is 10.0 Å². The third kappa shape index (κ3) is 9.54. The van der Waals surface area contributed by atoms with E-state index in [4.69, 9.17) is 16.3 Å². The van der Waals surface area contributed by atoms with E-state index in [2.05, 4.69) is 38.8 Å². The van der Waals surface area contributed by atoms with E-state index in [0.717, 1.165) is 30.5 Å². The number of anilines is 1. The summed E-state index contributed by atoms with van der Waals surface area (Å²) in [4.78, 5) is 40.8. The second-order valence-corrected chi connectivity index (χ2v) is 15.6. The number of ether oxygens (including phenoxy) is 1. The number of carbonyl (C=O) groups excluding carboxylic acids is 2. The molecular formula is C34H44ClFN6O3S. The third-order valence-electron chi connectivity index (χ3n) is 7.69. The molecule has 4 rings (SSSR count).